The minimum Gasteiger partial charge on any atom is -0.493 e. The van der Waals surface area contributed by atoms with Crippen LogP contribution in [0.15, 0.2) is 29.3 Å². The summed E-state index contributed by atoms with van der Waals surface area (Å²) in [5, 5.41) is 13.2. The normalized spacial score (nSPS) is 15.7. The van der Waals surface area contributed by atoms with Crippen molar-refractivity contribution in [1.29, 1.82) is 0 Å². The van der Waals surface area contributed by atoms with Crippen LogP contribution in [0.4, 0.5) is 0 Å². The van der Waals surface area contributed by atoms with Crippen LogP contribution in [0.5, 0.6) is 5.88 Å². The fourth-order valence-corrected chi connectivity index (χ4v) is 3.69. The number of aromatic nitrogens is 1. The maximum absolute atomic E-state index is 11.3. The van der Waals surface area contributed by atoms with E-state index < -0.39 is 5.97 Å². The molecule has 1 aromatic rings. The SMILES string of the molecule is C=C(C=C1SC=CN1C)c1sc(=S)n(CC(=O)OC)c1O. The molecule has 21 heavy (non-hydrogen) atoms. The van der Waals surface area contributed by atoms with Crippen molar-refractivity contribution in [3.05, 3.63) is 38.1 Å². The Bertz CT molecular complexity index is 700. The zero-order valence-corrected chi connectivity index (χ0v) is 14.0. The molecule has 2 heterocycles. The molecule has 1 aliphatic rings. The molecule has 0 unspecified atom stereocenters. The van der Waals surface area contributed by atoms with E-state index in [1.54, 1.807) is 11.8 Å². The number of rotatable bonds is 4. The van der Waals surface area contributed by atoms with Crippen LogP contribution in [-0.2, 0) is 16.1 Å². The average Bonchev–Trinajstić information content (AvgIpc) is 2.97. The second-order valence-electron chi connectivity index (χ2n) is 4.20. The number of methoxy groups -OCH3 is 1. The molecule has 1 aromatic heterocycles. The van der Waals surface area contributed by atoms with Gasteiger partial charge in [-0.05, 0) is 29.3 Å². The summed E-state index contributed by atoms with van der Waals surface area (Å²) in [5.74, 6) is -0.527. The van der Waals surface area contributed by atoms with E-state index in [9.17, 15) is 9.90 Å². The van der Waals surface area contributed by atoms with Crippen LogP contribution in [0.2, 0.25) is 0 Å². The van der Waals surface area contributed by atoms with Crippen molar-refractivity contribution >= 4 is 46.9 Å². The molecular formula is C13H14N2O3S3. The predicted molar refractivity (Wildman–Crippen MR) is 88.4 cm³/mol. The smallest absolute Gasteiger partial charge is 0.325 e. The van der Waals surface area contributed by atoms with Crippen LogP contribution in [0, 0.1) is 3.95 Å². The summed E-state index contributed by atoms with van der Waals surface area (Å²) in [6.45, 7) is 3.85. The highest BCUT2D eigenvalue weighted by Crippen LogP contribution is 2.36. The van der Waals surface area contributed by atoms with E-state index in [1.807, 2.05) is 29.6 Å². The first-order chi connectivity index (χ1) is 9.93. The molecule has 0 radical (unpaired) electrons. The van der Waals surface area contributed by atoms with Crippen molar-refractivity contribution in [2.24, 2.45) is 0 Å². The van der Waals surface area contributed by atoms with Crippen molar-refractivity contribution in [3.63, 3.8) is 0 Å². The van der Waals surface area contributed by atoms with E-state index in [4.69, 9.17) is 12.2 Å². The van der Waals surface area contributed by atoms with Gasteiger partial charge >= 0.3 is 5.97 Å². The molecule has 0 aromatic carbocycles. The second-order valence-corrected chi connectivity index (χ2v) is 6.78. The monoisotopic (exact) mass is 342 g/mol. The van der Waals surface area contributed by atoms with Gasteiger partial charge in [0.25, 0.3) is 0 Å². The summed E-state index contributed by atoms with van der Waals surface area (Å²) >= 11 is 7.96. The lowest BCUT2D eigenvalue weighted by Gasteiger charge is -2.10. The van der Waals surface area contributed by atoms with Gasteiger partial charge in [0.1, 0.15) is 6.54 Å². The molecular weight excluding hydrogens is 328 g/mol. The predicted octanol–water partition coefficient (Wildman–Crippen LogP) is 3.16. The number of thioether (sulfide) groups is 1. The number of carbonyl (C=O) groups excluding carboxylic acids is 1. The van der Waals surface area contributed by atoms with Gasteiger partial charge in [-0.25, -0.2) is 0 Å². The fraction of sp³-hybridized carbons (Fsp3) is 0.231. The maximum Gasteiger partial charge on any atom is 0.325 e. The molecule has 112 valence electrons. The zero-order chi connectivity index (χ0) is 15.6. The topological polar surface area (TPSA) is 54.7 Å². The lowest BCUT2D eigenvalue weighted by atomic mass is 10.2. The largest absolute Gasteiger partial charge is 0.493 e. The van der Waals surface area contributed by atoms with Gasteiger partial charge in [0.05, 0.1) is 17.0 Å². The first-order valence-corrected chi connectivity index (χ1v) is 8.01. The van der Waals surface area contributed by atoms with Crippen LogP contribution in [0.1, 0.15) is 4.88 Å². The summed E-state index contributed by atoms with van der Waals surface area (Å²) in [7, 11) is 3.22. The molecule has 0 saturated heterocycles. The van der Waals surface area contributed by atoms with Crippen molar-refractivity contribution in [2.75, 3.05) is 14.2 Å². The minimum atomic E-state index is -0.468. The third-order valence-corrected chi connectivity index (χ3v) is 5.21. The Morgan fingerprint density at radius 2 is 2.33 bits per heavy atom. The van der Waals surface area contributed by atoms with Crippen molar-refractivity contribution < 1.29 is 14.6 Å². The molecule has 0 saturated carbocycles. The van der Waals surface area contributed by atoms with Crippen LogP contribution < -0.4 is 0 Å². The van der Waals surface area contributed by atoms with Crippen LogP contribution in [-0.4, -0.2) is 34.7 Å². The Hall–Kier alpha value is -1.51. The Balaban J connectivity index is 2.29. The number of thiazole rings is 1. The Morgan fingerprint density at radius 3 is 2.90 bits per heavy atom. The first kappa shape index (κ1) is 15.9. The molecule has 2 rings (SSSR count). The number of nitrogens with zero attached hydrogens (tertiary/aromatic N) is 2. The van der Waals surface area contributed by atoms with Crippen molar-refractivity contribution in [2.45, 2.75) is 6.54 Å². The van der Waals surface area contributed by atoms with E-state index in [1.165, 1.54) is 23.0 Å². The highest BCUT2D eigenvalue weighted by Gasteiger charge is 2.17. The first-order valence-electron chi connectivity index (χ1n) is 5.90. The summed E-state index contributed by atoms with van der Waals surface area (Å²) < 4.78 is 6.33. The third-order valence-electron chi connectivity index (χ3n) is 2.79. The number of allylic oxidation sites excluding steroid dienone is 2. The standard InChI is InChI=1S/C13H14N2O3S3/c1-8(6-9-14(2)4-5-20-9)11-12(17)15(13(19)21-11)7-10(16)18-3/h4-6,17H,1,7H2,2-3H3. The highest BCUT2D eigenvalue weighted by molar-refractivity contribution is 8.06. The lowest BCUT2D eigenvalue weighted by Crippen LogP contribution is -2.11. The number of ether oxygens (including phenoxy) is 1. The Morgan fingerprint density at radius 1 is 1.62 bits per heavy atom. The van der Waals surface area contributed by atoms with Gasteiger partial charge in [-0.3, -0.25) is 9.36 Å². The zero-order valence-electron chi connectivity index (χ0n) is 11.5. The molecule has 0 aliphatic carbocycles. The van der Waals surface area contributed by atoms with Gasteiger partial charge in [-0.1, -0.05) is 18.3 Å². The fourth-order valence-electron chi connectivity index (χ4n) is 1.64. The van der Waals surface area contributed by atoms with Crippen molar-refractivity contribution in [1.82, 2.24) is 9.47 Å². The number of aromatic hydroxyl groups is 1. The number of hydrogen-bond acceptors (Lipinski definition) is 7. The molecule has 1 N–H and O–H groups in total. The molecule has 0 fully saturated rings. The quantitative estimate of drug-likeness (QED) is 0.670. The summed E-state index contributed by atoms with van der Waals surface area (Å²) in [6.07, 6.45) is 3.81. The van der Waals surface area contributed by atoms with Gasteiger partial charge in [0.2, 0.25) is 5.88 Å². The average molecular weight is 342 g/mol. The van der Waals surface area contributed by atoms with E-state index in [2.05, 4.69) is 11.3 Å². The van der Waals surface area contributed by atoms with E-state index in [0.717, 1.165) is 5.03 Å². The van der Waals surface area contributed by atoms with E-state index in [-0.39, 0.29) is 12.4 Å². The maximum atomic E-state index is 11.3. The second kappa shape index (κ2) is 6.50. The van der Waals surface area contributed by atoms with Crippen LogP contribution in [0.3, 0.4) is 0 Å². The summed E-state index contributed by atoms with van der Waals surface area (Å²) in [6, 6.07) is 0. The number of hydrogen-bond donors (Lipinski definition) is 1. The molecule has 8 heteroatoms. The van der Waals surface area contributed by atoms with Crippen LogP contribution in [0.25, 0.3) is 5.57 Å². The van der Waals surface area contributed by atoms with E-state index >= 15 is 0 Å². The number of carbonyl (C=O) groups is 1. The van der Waals surface area contributed by atoms with E-state index in [0.29, 0.717) is 14.4 Å². The minimum absolute atomic E-state index is 0.0594. The Labute approximate surface area is 135 Å². The number of esters is 1. The summed E-state index contributed by atoms with van der Waals surface area (Å²) in [4.78, 5) is 13.8. The van der Waals surface area contributed by atoms with Gasteiger partial charge in [-0.2, -0.15) is 0 Å². The van der Waals surface area contributed by atoms with Crippen molar-refractivity contribution in [3.8, 4) is 5.88 Å². The molecule has 0 atom stereocenters. The molecule has 1 aliphatic heterocycles. The third kappa shape index (κ3) is 3.39. The lowest BCUT2D eigenvalue weighted by molar-refractivity contribution is -0.141. The van der Waals surface area contributed by atoms with Gasteiger partial charge < -0.3 is 14.7 Å². The summed E-state index contributed by atoms with van der Waals surface area (Å²) in [5.41, 5.74) is 0.644. The van der Waals surface area contributed by atoms with Gasteiger partial charge in [0.15, 0.2) is 3.95 Å². The molecule has 0 bridgehead atoms. The van der Waals surface area contributed by atoms with Gasteiger partial charge in [-0.15, -0.1) is 11.3 Å². The Kier molecular flexibility index (Phi) is 4.92. The molecule has 0 spiro atoms. The van der Waals surface area contributed by atoms with Crippen LogP contribution >= 0.6 is 35.3 Å². The van der Waals surface area contributed by atoms with Gasteiger partial charge in [0, 0.05) is 13.2 Å². The molecule has 0 amide bonds. The molecule has 5 nitrogen and oxygen atoms in total. The highest BCUT2D eigenvalue weighted by atomic mass is 32.2.